The van der Waals surface area contributed by atoms with Crippen LogP contribution in [0.25, 0.3) is 0 Å². The maximum absolute atomic E-state index is 13.6. The molecule has 246 valence electrons. The highest BCUT2D eigenvalue weighted by atomic mass is 16.6. The van der Waals surface area contributed by atoms with E-state index in [2.05, 4.69) is 27.7 Å². The van der Waals surface area contributed by atoms with Crippen molar-refractivity contribution in [3.05, 3.63) is 0 Å². The number of carbonyl (C=O) groups is 5. The minimum absolute atomic E-state index is 0.0838. The Morgan fingerprint density at radius 2 is 1.48 bits per heavy atom. The molecule has 1 unspecified atom stereocenters. The van der Waals surface area contributed by atoms with Crippen LogP contribution in [-0.4, -0.2) is 71.6 Å². The van der Waals surface area contributed by atoms with E-state index < -0.39 is 64.0 Å². The molecule has 0 bridgehead atoms. The van der Waals surface area contributed by atoms with Crippen molar-refractivity contribution in [1.82, 2.24) is 0 Å². The van der Waals surface area contributed by atoms with Crippen molar-refractivity contribution in [2.75, 3.05) is 7.11 Å². The summed E-state index contributed by atoms with van der Waals surface area (Å²) in [5, 5.41) is 13.0. The molecule has 1 aliphatic heterocycles. The first kappa shape index (κ1) is 32.7. The lowest BCUT2D eigenvalue weighted by Crippen LogP contribution is -2.72. The van der Waals surface area contributed by atoms with E-state index in [4.69, 9.17) is 23.7 Å². The molecule has 11 nitrogen and oxygen atoms in total. The molecule has 0 aromatic carbocycles. The number of carbonyl (C=O) groups excluding carboxylic acids is 5. The van der Waals surface area contributed by atoms with Crippen LogP contribution in [0.3, 0.4) is 0 Å². The van der Waals surface area contributed by atoms with E-state index in [0.29, 0.717) is 12.8 Å². The van der Waals surface area contributed by atoms with Crippen LogP contribution in [0, 0.1) is 39.9 Å². The van der Waals surface area contributed by atoms with Gasteiger partial charge in [-0.05, 0) is 66.6 Å². The summed E-state index contributed by atoms with van der Waals surface area (Å²) in [6.45, 7) is 12.7. The fourth-order valence-corrected chi connectivity index (χ4v) is 11.3. The van der Waals surface area contributed by atoms with Crippen molar-refractivity contribution in [1.29, 1.82) is 0 Å². The number of fused-ring (bicyclic) bond motifs is 5. The van der Waals surface area contributed by atoms with Crippen LogP contribution >= 0.6 is 0 Å². The second-order valence-electron chi connectivity index (χ2n) is 14.9. The summed E-state index contributed by atoms with van der Waals surface area (Å²) in [6.07, 6.45) is 1.06. The van der Waals surface area contributed by atoms with Crippen molar-refractivity contribution >= 4 is 29.8 Å². The zero-order valence-electron chi connectivity index (χ0n) is 27.2. The molecule has 0 spiro atoms. The van der Waals surface area contributed by atoms with E-state index >= 15 is 0 Å². The molecule has 4 aliphatic carbocycles. The van der Waals surface area contributed by atoms with Gasteiger partial charge >= 0.3 is 29.8 Å². The Hall–Kier alpha value is -2.69. The Balaban J connectivity index is 1.67. The molecule has 1 N–H and O–H groups in total. The molecule has 5 fully saturated rings. The van der Waals surface area contributed by atoms with Crippen LogP contribution in [0.4, 0.5) is 0 Å². The number of rotatable bonds is 5. The van der Waals surface area contributed by atoms with Crippen LogP contribution in [0.1, 0.15) is 99.8 Å². The van der Waals surface area contributed by atoms with Gasteiger partial charge in [-0.15, -0.1) is 0 Å². The molecule has 11 heteroatoms. The number of cyclic esters (lactones) is 1. The second-order valence-corrected chi connectivity index (χ2v) is 14.9. The second kappa shape index (κ2) is 10.7. The summed E-state index contributed by atoms with van der Waals surface area (Å²) in [6, 6.07) is 0. The third-order valence-corrected chi connectivity index (χ3v) is 13.0. The molecule has 1 heterocycles. The maximum atomic E-state index is 13.6. The Morgan fingerprint density at radius 3 is 2.02 bits per heavy atom. The number of hydrogen-bond acceptors (Lipinski definition) is 11. The highest BCUT2D eigenvalue weighted by molar-refractivity contribution is 5.89. The monoisotopic (exact) mass is 620 g/mol. The first-order valence-corrected chi connectivity index (χ1v) is 16.0. The molecule has 1 saturated heterocycles. The molecule has 0 aromatic heterocycles. The number of ether oxygens (including phenoxy) is 5. The molecule has 0 amide bonds. The zero-order chi connectivity index (χ0) is 32.6. The summed E-state index contributed by atoms with van der Waals surface area (Å²) in [5.41, 5.74) is -5.84. The predicted molar refractivity (Wildman–Crippen MR) is 153 cm³/mol. The van der Waals surface area contributed by atoms with Gasteiger partial charge < -0.3 is 28.8 Å². The number of hydrogen-bond donors (Lipinski definition) is 1. The van der Waals surface area contributed by atoms with Gasteiger partial charge in [0.15, 0.2) is 5.60 Å². The zero-order valence-corrected chi connectivity index (χ0v) is 27.2. The molecular weight excluding hydrogens is 572 g/mol. The van der Waals surface area contributed by atoms with Gasteiger partial charge in [0.05, 0.1) is 13.5 Å². The maximum Gasteiger partial charge on any atom is 0.353 e. The van der Waals surface area contributed by atoms with Crippen molar-refractivity contribution < 1.29 is 52.8 Å². The van der Waals surface area contributed by atoms with Crippen LogP contribution in [0.15, 0.2) is 0 Å². The molecule has 12 atom stereocenters. The Labute approximate surface area is 259 Å². The SMILES string of the molecule is COC(=O)[C@@]1([C@@]2(O)[C@@H](OC(C)=O)C[C@@]3(C)[C@H]2C[C@@H](OC(C)=O)[C@H]2[C@@]4(C)CC[C@@H](OC(C)=O)[C@@H](C)C4CC[C@@]23C)CCC(=O)O1. The molecular formula is C33H48O11. The van der Waals surface area contributed by atoms with E-state index in [0.717, 1.165) is 12.8 Å². The van der Waals surface area contributed by atoms with Crippen molar-refractivity contribution in [3.8, 4) is 0 Å². The van der Waals surface area contributed by atoms with Crippen LogP contribution in [-0.2, 0) is 47.7 Å². The quantitative estimate of drug-likeness (QED) is 0.354. The van der Waals surface area contributed by atoms with E-state index in [1.54, 1.807) is 0 Å². The number of aliphatic hydroxyl groups is 1. The Kier molecular flexibility index (Phi) is 7.95. The standard InChI is InChI=1S/C33H48O11/c1-17-21-9-13-30(6)27(29(21,5)12-10-22(17)41-18(2)34)23(42-19(3)35)15-24-31(30,7)16-25(43-20(4)36)33(24,39)32(28(38)40-8)14-11-26(37)44-32/h17,21-25,27,39H,9-16H2,1-8H3/t17-,21?,22+,23+,24+,25-,27-,29-,30-,31-,32+,33-/m0/s1. The molecule has 44 heavy (non-hydrogen) atoms. The largest absolute Gasteiger partial charge is 0.466 e. The molecule has 4 saturated carbocycles. The molecule has 0 radical (unpaired) electrons. The topological polar surface area (TPSA) is 152 Å². The average Bonchev–Trinajstić information content (AvgIpc) is 3.42. The minimum atomic E-state index is -2.14. The smallest absolute Gasteiger partial charge is 0.353 e. The average molecular weight is 621 g/mol. The minimum Gasteiger partial charge on any atom is -0.466 e. The van der Waals surface area contributed by atoms with Gasteiger partial charge in [0.25, 0.3) is 0 Å². The number of esters is 5. The van der Waals surface area contributed by atoms with Crippen LogP contribution in [0.5, 0.6) is 0 Å². The third kappa shape index (κ3) is 4.34. The molecule has 5 rings (SSSR count). The van der Waals surface area contributed by atoms with E-state index in [1.165, 1.54) is 27.9 Å². The van der Waals surface area contributed by atoms with Gasteiger partial charge in [0.1, 0.15) is 18.3 Å². The van der Waals surface area contributed by atoms with Gasteiger partial charge in [-0.3, -0.25) is 19.2 Å². The number of methoxy groups -OCH3 is 1. The van der Waals surface area contributed by atoms with Crippen molar-refractivity contribution in [2.45, 2.75) is 129 Å². The van der Waals surface area contributed by atoms with Gasteiger partial charge in [0, 0.05) is 39.0 Å². The van der Waals surface area contributed by atoms with Crippen LogP contribution < -0.4 is 0 Å². The Morgan fingerprint density at radius 1 is 0.864 bits per heavy atom. The fourth-order valence-electron chi connectivity index (χ4n) is 11.3. The van der Waals surface area contributed by atoms with E-state index in [1.807, 2.05) is 0 Å². The van der Waals surface area contributed by atoms with Gasteiger partial charge in [-0.25, -0.2) is 4.79 Å². The highest BCUT2D eigenvalue weighted by Crippen LogP contribution is 2.76. The fraction of sp³-hybridized carbons (Fsp3) is 0.848. The van der Waals surface area contributed by atoms with Crippen LogP contribution in [0.2, 0.25) is 0 Å². The summed E-state index contributed by atoms with van der Waals surface area (Å²) >= 11 is 0. The van der Waals surface area contributed by atoms with Gasteiger partial charge in [0.2, 0.25) is 5.60 Å². The lowest BCUT2D eigenvalue weighted by atomic mass is 9.36. The first-order valence-electron chi connectivity index (χ1n) is 16.0. The van der Waals surface area contributed by atoms with E-state index in [9.17, 15) is 29.1 Å². The normalized spacial score (nSPS) is 47.8. The first-order chi connectivity index (χ1) is 20.4. The molecule has 5 aliphatic rings. The molecule has 0 aromatic rings. The summed E-state index contributed by atoms with van der Waals surface area (Å²) in [5.74, 6) is -3.60. The lowest BCUT2D eigenvalue weighted by Gasteiger charge is -2.69. The van der Waals surface area contributed by atoms with E-state index in [-0.39, 0.29) is 60.9 Å². The van der Waals surface area contributed by atoms with Crippen molar-refractivity contribution in [2.24, 2.45) is 39.9 Å². The summed E-state index contributed by atoms with van der Waals surface area (Å²) in [4.78, 5) is 63.3. The summed E-state index contributed by atoms with van der Waals surface area (Å²) in [7, 11) is 1.17. The third-order valence-electron chi connectivity index (χ3n) is 13.0. The lowest BCUT2D eigenvalue weighted by molar-refractivity contribution is -0.274. The highest BCUT2D eigenvalue weighted by Gasteiger charge is 2.81. The van der Waals surface area contributed by atoms with Gasteiger partial charge in [-0.2, -0.15) is 0 Å². The Bertz CT molecular complexity index is 1250. The summed E-state index contributed by atoms with van der Waals surface area (Å²) < 4.78 is 28.6. The predicted octanol–water partition coefficient (Wildman–Crippen LogP) is 3.66. The van der Waals surface area contributed by atoms with Gasteiger partial charge in [-0.1, -0.05) is 27.7 Å². The van der Waals surface area contributed by atoms with Crippen molar-refractivity contribution in [3.63, 3.8) is 0 Å².